The third-order valence-corrected chi connectivity index (χ3v) is 3.76. The molecule has 0 amide bonds. The van der Waals surface area contributed by atoms with Gasteiger partial charge < -0.3 is 10.0 Å². The SMILES string of the molecule is CCN(CC)[C@@H]1CCc2cccc(O)c2C1. The van der Waals surface area contributed by atoms with E-state index in [1.54, 1.807) is 0 Å². The van der Waals surface area contributed by atoms with Crippen LogP contribution in [0.4, 0.5) is 0 Å². The largest absolute Gasteiger partial charge is 0.508 e. The molecule has 1 aromatic carbocycles. The van der Waals surface area contributed by atoms with Gasteiger partial charge in [0.1, 0.15) is 5.75 Å². The van der Waals surface area contributed by atoms with Crippen LogP contribution in [0.2, 0.25) is 0 Å². The van der Waals surface area contributed by atoms with E-state index < -0.39 is 0 Å². The number of aromatic hydroxyl groups is 1. The van der Waals surface area contributed by atoms with Crippen molar-refractivity contribution in [3.63, 3.8) is 0 Å². The molecule has 2 rings (SSSR count). The number of aryl methyl sites for hydroxylation is 1. The second kappa shape index (κ2) is 4.88. The van der Waals surface area contributed by atoms with Crippen LogP contribution in [0.25, 0.3) is 0 Å². The Bertz CT molecular complexity index is 358. The van der Waals surface area contributed by atoms with Crippen molar-refractivity contribution < 1.29 is 5.11 Å². The van der Waals surface area contributed by atoms with Crippen molar-refractivity contribution in [1.82, 2.24) is 4.90 Å². The Labute approximate surface area is 97.9 Å². The third kappa shape index (κ3) is 2.07. The number of phenolic OH excluding ortho intramolecular Hbond substituents is 1. The van der Waals surface area contributed by atoms with Crippen LogP contribution < -0.4 is 0 Å². The van der Waals surface area contributed by atoms with Gasteiger partial charge in [0.2, 0.25) is 0 Å². The molecule has 0 spiro atoms. The van der Waals surface area contributed by atoms with Gasteiger partial charge in [0, 0.05) is 6.04 Å². The van der Waals surface area contributed by atoms with Crippen LogP contribution in [0.5, 0.6) is 5.75 Å². The topological polar surface area (TPSA) is 23.5 Å². The van der Waals surface area contributed by atoms with Crippen LogP contribution in [-0.2, 0) is 12.8 Å². The van der Waals surface area contributed by atoms with Gasteiger partial charge in [0.25, 0.3) is 0 Å². The maximum Gasteiger partial charge on any atom is 0.119 e. The average molecular weight is 219 g/mol. The third-order valence-electron chi connectivity index (χ3n) is 3.76. The fourth-order valence-corrected chi connectivity index (χ4v) is 2.80. The highest BCUT2D eigenvalue weighted by molar-refractivity contribution is 5.41. The molecule has 1 atom stereocenters. The standard InChI is InChI=1S/C14H21NO/c1-3-15(4-2)12-9-8-11-6-5-7-14(16)13(11)10-12/h5-7,12,16H,3-4,8-10H2,1-2H3/t12-/m1/s1. The molecule has 0 fully saturated rings. The van der Waals surface area contributed by atoms with Gasteiger partial charge in [0.05, 0.1) is 0 Å². The summed E-state index contributed by atoms with van der Waals surface area (Å²) in [7, 11) is 0. The number of hydrogen-bond donors (Lipinski definition) is 1. The Morgan fingerprint density at radius 2 is 2.06 bits per heavy atom. The van der Waals surface area contributed by atoms with E-state index in [1.165, 1.54) is 17.5 Å². The zero-order chi connectivity index (χ0) is 11.5. The lowest BCUT2D eigenvalue weighted by Crippen LogP contribution is -2.39. The second-order valence-electron chi connectivity index (χ2n) is 4.53. The van der Waals surface area contributed by atoms with Crippen LogP contribution in [0.3, 0.4) is 0 Å². The summed E-state index contributed by atoms with van der Waals surface area (Å²) in [4.78, 5) is 2.50. The van der Waals surface area contributed by atoms with E-state index in [0.717, 1.165) is 25.9 Å². The lowest BCUT2D eigenvalue weighted by atomic mass is 9.87. The number of likely N-dealkylation sites (N-methyl/N-ethyl adjacent to an activating group) is 1. The summed E-state index contributed by atoms with van der Waals surface area (Å²) in [6.07, 6.45) is 3.33. The molecule has 2 nitrogen and oxygen atoms in total. The normalized spacial score (nSPS) is 19.8. The number of hydrogen-bond acceptors (Lipinski definition) is 2. The predicted molar refractivity (Wildman–Crippen MR) is 66.8 cm³/mol. The van der Waals surface area contributed by atoms with Gasteiger partial charge >= 0.3 is 0 Å². The minimum absolute atomic E-state index is 0.481. The first kappa shape index (κ1) is 11.5. The molecule has 0 aromatic heterocycles. The summed E-state index contributed by atoms with van der Waals surface area (Å²) < 4.78 is 0. The molecule has 88 valence electrons. The fourth-order valence-electron chi connectivity index (χ4n) is 2.80. The van der Waals surface area contributed by atoms with Crippen LogP contribution in [-0.4, -0.2) is 29.1 Å². The molecule has 1 N–H and O–H groups in total. The average Bonchev–Trinajstić information content (AvgIpc) is 2.32. The molecule has 0 bridgehead atoms. The number of nitrogens with zero attached hydrogens (tertiary/aromatic N) is 1. The monoisotopic (exact) mass is 219 g/mol. The number of fused-ring (bicyclic) bond motifs is 1. The molecule has 0 saturated heterocycles. The Morgan fingerprint density at radius 3 is 2.75 bits per heavy atom. The van der Waals surface area contributed by atoms with Crippen LogP contribution >= 0.6 is 0 Å². The summed E-state index contributed by atoms with van der Waals surface area (Å²) >= 11 is 0. The first-order valence-electron chi connectivity index (χ1n) is 6.30. The predicted octanol–water partition coefficient (Wildman–Crippen LogP) is 2.59. The first-order valence-corrected chi connectivity index (χ1v) is 6.30. The summed E-state index contributed by atoms with van der Waals surface area (Å²) in [5.74, 6) is 0.481. The fraction of sp³-hybridized carbons (Fsp3) is 0.571. The molecule has 0 saturated carbocycles. The van der Waals surface area contributed by atoms with Crippen molar-refractivity contribution >= 4 is 0 Å². The lowest BCUT2D eigenvalue weighted by Gasteiger charge is -2.34. The van der Waals surface area contributed by atoms with Gasteiger partial charge in [-0.25, -0.2) is 0 Å². The maximum absolute atomic E-state index is 9.88. The molecule has 16 heavy (non-hydrogen) atoms. The highest BCUT2D eigenvalue weighted by Crippen LogP contribution is 2.30. The van der Waals surface area contributed by atoms with Crippen LogP contribution in [0.15, 0.2) is 18.2 Å². The minimum atomic E-state index is 0.481. The highest BCUT2D eigenvalue weighted by atomic mass is 16.3. The summed E-state index contributed by atoms with van der Waals surface area (Å²) in [6.45, 7) is 6.63. The molecule has 0 aliphatic heterocycles. The number of rotatable bonds is 3. The van der Waals surface area contributed by atoms with Crippen molar-refractivity contribution in [2.24, 2.45) is 0 Å². The summed E-state index contributed by atoms with van der Waals surface area (Å²) in [6, 6.07) is 6.51. The molecule has 1 aromatic rings. The lowest BCUT2D eigenvalue weighted by molar-refractivity contribution is 0.197. The van der Waals surface area contributed by atoms with E-state index in [2.05, 4.69) is 24.8 Å². The highest BCUT2D eigenvalue weighted by Gasteiger charge is 2.24. The van der Waals surface area contributed by atoms with Gasteiger partial charge in [0.15, 0.2) is 0 Å². The molecular weight excluding hydrogens is 198 g/mol. The van der Waals surface area contributed by atoms with Crippen molar-refractivity contribution in [3.8, 4) is 5.75 Å². The second-order valence-corrected chi connectivity index (χ2v) is 4.53. The van der Waals surface area contributed by atoms with Gasteiger partial charge in [-0.2, -0.15) is 0 Å². The quantitative estimate of drug-likeness (QED) is 0.844. The van der Waals surface area contributed by atoms with Gasteiger partial charge in [-0.05, 0) is 49.5 Å². The summed E-state index contributed by atoms with van der Waals surface area (Å²) in [5.41, 5.74) is 2.51. The van der Waals surface area contributed by atoms with E-state index in [4.69, 9.17) is 0 Å². The maximum atomic E-state index is 9.88. The van der Waals surface area contributed by atoms with Crippen molar-refractivity contribution in [2.75, 3.05) is 13.1 Å². The zero-order valence-corrected chi connectivity index (χ0v) is 10.2. The van der Waals surface area contributed by atoms with Crippen LogP contribution in [0.1, 0.15) is 31.4 Å². The Balaban J connectivity index is 2.19. The molecule has 1 aliphatic rings. The molecule has 0 radical (unpaired) electrons. The van der Waals surface area contributed by atoms with E-state index in [-0.39, 0.29) is 0 Å². The van der Waals surface area contributed by atoms with E-state index in [9.17, 15) is 5.11 Å². The molecule has 0 heterocycles. The van der Waals surface area contributed by atoms with Crippen molar-refractivity contribution in [2.45, 2.75) is 39.2 Å². The molecule has 2 heteroatoms. The summed E-state index contributed by atoms with van der Waals surface area (Å²) in [5, 5.41) is 9.88. The Morgan fingerprint density at radius 1 is 1.31 bits per heavy atom. The smallest absolute Gasteiger partial charge is 0.119 e. The van der Waals surface area contributed by atoms with Crippen molar-refractivity contribution in [3.05, 3.63) is 29.3 Å². The minimum Gasteiger partial charge on any atom is -0.508 e. The van der Waals surface area contributed by atoms with E-state index in [0.29, 0.717) is 11.8 Å². The molecular formula is C14H21NO. The van der Waals surface area contributed by atoms with Crippen molar-refractivity contribution in [1.29, 1.82) is 0 Å². The number of phenols is 1. The van der Waals surface area contributed by atoms with E-state index in [1.807, 2.05) is 12.1 Å². The molecule has 1 aliphatic carbocycles. The van der Waals surface area contributed by atoms with E-state index >= 15 is 0 Å². The Hall–Kier alpha value is -1.02. The Kier molecular flexibility index (Phi) is 3.49. The number of benzene rings is 1. The first-order chi connectivity index (χ1) is 7.76. The van der Waals surface area contributed by atoms with Gasteiger partial charge in [-0.15, -0.1) is 0 Å². The molecule has 0 unspecified atom stereocenters. The van der Waals surface area contributed by atoms with Crippen LogP contribution in [0, 0.1) is 0 Å². The van der Waals surface area contributed by atoms with Gasteiger partial charge in [-0.1, -0.05) is 26.0 Å². The zero-order valence-electron chi connectivity index (χ0n) is 10.2. The van der Waals surface area contributed by atoms with Gasteiger partial charge in [-0.3, -0.25) is 0 Å².